The maximum Gasteiger partial charge on any atom is 0 e. The van der Waals surface area contributed by atoms with Crippen molar-refractivity contribution in [1.29, 1.82) is 0 Å². The molecule has 1 heteroatoms. The smallest absolute Gasteiger partial charge is 0 e. The van der Waals surface area contributed by atoms with Crippen molar-refractivity contribution in [2.24, 2.45) is 0 Å². The second-order valence-electron chi connectivity index (χ2n) is 0.718. The third-order valence-electron chi connectivity index (χ3n) is 0.304. The van der Waals surface area contributed by atoms with Crippen LogP contribution in [0.3, 0.4) is 0 Å². The van der Waals surface area contributed by atoms with E-state index >= 15 is 0 Å². The molecule has 6 heavy (non-hydrogen) atoms. The van der Waals surface area contributed by atoms with Crippen molar-refractivity contribution in [1.82, 2.24) is 0 Å². The molecule has 0 aliphatic rings. The van der Waals surface area contributed by atoms with Crippen molar-refractivity contribution in [3.05, 3.63) is 24.8 Å². The Morgan fingerprint density at radius 2 is 2.00 bits per heavy atom. The number of hydrogen-bond donors (Lipinski definition) is 0. The van der Waals surface area contributed by atoms with E-state index in [4.69, 9.17) is 6.58 Å². The fourth-order valence-corrected chi connectivity index (χ4v) is 0.111. The number of hydrogen-bond acceptors (Lipinski definition) is 0. The molecule has 0 rings (SSSR count). The Morgan fingerprint density at radius 1 is 1.50 bits per heavy atom. The van der Waals surface area contributed by atoms with E-state index in [1.807, 2.05) is 13.0 Å². The normalized spacial score (nSPS) is 7.50. The summed E-state index contributed by atoms with van der Waals surface area (Å²) in [6, 6.07) is 0. The first-order valence-corrected chi connectivity index (χ1v) is 1.58. The Kier molecular flexibility index (Phi) is 15.4. The molecule has 0 nitrogen and oxygen atoms in total. The molecule has 0 unspecified atom stereocenters. The van der Waals surface area contributed by atoms with Gasteiger partial charge in [-0.05, 0) is 0 Å². The van der Waals surface area contributed by atoms with Crippen LogP contribution < -0.4 is 0 Å². The van der Waals surface area contributed by atoms with Gasteiger partial charge in [-0.15, -0.1) is 0 Å². The SMILES string of the molecule is [CH-]=CC=CC.[Sm]. The summed E-state index contributed by atoms with van der Waals surface area (Å²) in [7, 11) is 0. The van der Waals surface area contributed by atoms with Crippen molar-refractivity contribution >= 4 is 0 Å². The van der Waals surface area contributed by atoms with Gasteiger partial charge in [0.25, 0.3) is 0 Å². The van der Waals surface area contributed by atoms with Gasteiger partial charge in [-0.25, -0.2) is 12.2 Å². The van der Waals surface area contributed by atoms with Gasteiger partial charge in [0, 0.05) is 40.4 Å². The summed E-state index contributed by atoms with van der Waals surface area (Å²) in [5.74, 6) is 0. The van der Waals surface area contributed by atoms with Gasteiger partial charge in [0.1, 0.15) is 0 Å². The van der Waals surface area contributed by atoms with Gasteiger partial charge in [-0.3, -0.25) is 6.58 Å². The van der Waals surface area contributed by atoms with Crippen molar-refractivity contribution in [2.45, 2.75) is 6.92 Å². The molecule has 0 bridgehead atoms. The molecule has 0 N–H and O–H groups in total. The molecule has 0 saturated carbocycles. The van der Waals surface area contributed by atoms with Crippen LogP contribution in [0.5, 0.6) is 0 Å². The van der Waals surface area contributed by atoms with Crippen LogP contribution in [0.15, 0.2) is 18.2 Å². The predicted octanol–water partition coefficient (Wildman–Crippen LogP) is 1.55. The van der Waals surface area contributed by atoms with Gasteiger partial charge < -0.3 is 0 Å². The standard InChI is InChI=1S/C5H7.Sm/c1-3-5-4-2;/h1,3-5H,2H3;/q-1;. The molecule has 0 heterocycles. The van der Waals surface area contributed by atoms with Crippen LogP contribution in [0.1, 0.15) is 6.92 Å². The minimum absolute atomic E-state index is 0. The monoisotopic (exact) mass is 219 g/mol. The first kappa shape index (κ1) is 9.94. The molecule has 0 fully saturated rings. The first-order valence-electron chi connectivity index (χ1n) is 1.58. The maximum absolute atomic E-state index is 4.93. The Labute approximate surface area is 71.4 Å². The molecule has 0 aromatic rings. The Balaban J connectivity index is 0. The van der Waals surface area contributed by atoms with Crippen LogP contribution in [0.25, 0.3) is 0 Å². The average molecular weight is 217 g/mol. The molecule has 0 saturated heterocycles. The summed E-state index contributed by atoms with van der Waals surface area (Å²) in [5, 5.41) is 0. The van der Waals surface area contributed by atoms with E-state index in [9.17, 15) is 0 Å². The largest absolute Gasteiger partial charge is 0.293 e. The first-order chi connectivity index (χ1) is 2.41. The van der Waals surface area contributed by atoms with Crippen LogP contribution >= 0.6 is 0 Å². The number of allylic oxidation sites excluding steroid dienone is 3. The van der Waals surface area contributed by atoms with Crippen LogP contribution in [0, 0.1) is 47.0 Å². The summed E-state index contributed by atoms with van der Waals surface area (Å²) in [6.45, 7) is 6.85. The molecule has 0 aliphatic heterocycles. The van der Waals surface area contributed by atoms with Gasteiger partial charge in [-0.1, -0.05) is 6.92 Å². The molecule has 0 amide bonds. The van der Waals surface area contributed by atoms with Crippen molar-refractivity contribution in [2.75, 3.05) is 0 Å². The molecule has 34 valence electrons. The molecule has 0 aromatic heterocycles. The third kappa shape index (κ3) is 8.84. The zero-order chi connectivity index (χ0) is 4.12. The second kappa shape index (κ2) is 9.26. The van der Waals surface area contributed by atoms with E-state index in [1.54, 1.807) is 6.08 Å². The molecule has 0 atom stereocenters. The third-order valence-corrected chi connectivity index (χ3v) is 0.304. The fraction of sp³-hybridized carbons (Fsp3) is 0.200. The number of rotatable bonds is 1. The molecular weight excluding hydrogens is 210 g/mol. The Bertz CT molecular complexity index is 45.9. The topological polar surface area (TPSA) is 0 Å². The van der Waals surface area contributed by atoms with Gasteiger partial charge in [0.05, 0.1) is 0 Å². The molecule has 0 radical (unpaired) electrons. The van der Waals surface area contributed by atoms with Crippen LogP contribution in [-0.2, 0) is 0 Å². The van der Waals surface area contributed by atoms with E-state index < -0.39 is 0 Å². The van der Waals surface area contributed by atoms with Crippen molar-refractivity contribution < 1.29 is 40.4 Å². The van der Waals surface area contributed by atoms with Crippen molar-refractivity contribution in [3.8, 4) is 0 Å². The van der Waals surface area contributed by atoms with Gasteiger partial charge in [0.15, 0.2) is 0 Å². The van der Waals surface area contributed by atoms with Crippen molar-refractivity contribution in [3.63, 3.8) is 0 Å². The fourth-order valence-electron chi connectivity index (χ4n) is 0.111. The summed E-state index contributed by atoms with van der Waals surface area (Å²) in [5.41, 5.74) is 0. The van der Waals surface area contributed by atoms with Crippen LogP contribution in [0.4, 0.5) is 0 Å². The van der Waals surface area contributed by atoms with E-state index in [-0.39, 0.29) is 40.4 Å². The maximum atomic E-state index is 4.93. The minimum atomic E-state index is 0. The zero-order valence-electron chi connectivity index (χ0n) is 3.72. The van der Waals surface area contributed by atoms with E-state index in [0.29, 0.717) is 0 Å². The summed E-state index contributed by atoms with van der Waals surface area (Å²) in [6.07, 6.45) is 5.15. The zero-order valence-corrected chi connectivity index (χ0v) is 6.34. The summed E-state index contributed by atoms with van der Waals surface area (Å²) >= 11 is 0. The van der Waals surface area contributed by atoms with Gasteiger partial charge in [-0.2, -0.15) is 6.08 Å². The van der Waals surface area contributed by atoms with Gasteiger partial charge in [0.2, 0.25) is 0 Å². The quantitative estimate of drug-likeness (QED) is 0.462. The molecule has 0 aromatic carbocycles. The Hall–Kier alpha value is 0.818. The minimum Gasteiger partial charge on any atom is -0.293 e. The summed E-state index contributed by atoms with van der Waals surface area (Å²) in [4.78, 5) is 0. The molecule has 0 aliphatic carbocycles. The predicted molar refractivity (Wildman–Crippen MR) is 23.7 cm³/mol. The molecular formula is C5H7Sm-. The van der Waals surface area contributed by atoms with E-state index in [0.717, 1.165) is 0 Å². The van der Waals surface area contributed by atoms with Crippen LogP contribution in [0.2, 0.25) is 0 Å². The Morgan fingerprint density at radius 3 is 2.00 bits per heavy atom. The van der Waals surface area contributed by atoms with E-state index in [2.05, 4.69) is 0 Å². The van der Waals surface area contributed by atoms with Crippen LogP contribution in [-0.4, -0.2) is 0 Å². The van der Waals surface area contributed by atoms with E-state index in [1.165, 1.54) is 6.08 Å². The average Bonchev–Trinajstić information content (AvgIpc) is 1.41. The van der Waals surface area contributed by atoms with Gasteiger partial charge >= 0.3 is 0 Å². The molecule has 0 spiro atoms. The second-order valence-corrected chi connectivity index (χ2v) is 0.718. The summed E-state index contributed by atoms with van der Waals surface area (Å²) < 4.78 is 0.